The zero-order valence-corrected chi connectivity index (χ0v) is 11.5. The number of halogens is 2. The van der Waals surface area contributed by atoms with Crippen molar-refractivity contribution in [1.29, 1.82) is 0 Å². The molecule has 0 atom stereocenters. The summed E-state index contributed by atoms with van der Waals surface area (Å²) in [6.45, 7) is 0.530. The Hall–Kier alpha value is -0.0100. The summed E-state index contributed by atoms with van der Waals surface area (Å²) in [4.78, 5) is 0. The molecule has 0 saturated carbocycles. The first-order valence-electron chi connectivity index (χ1n) is 4.46. The maximum Gasteiger partial charge on any atom is 0.235 e. The van der Waals surface area contributed by atoms with Crippen molar-refractivity contribution in [1.82, 2.24) is 0 Å². The Balaban J connectivity index is 2.46. The summed E-state index contributed by atoms with van der Waals surface area (Å²) in [5.74, 6) is 0.218. The second kappa shape index (κ2) is 4.10. The molecule has 0 aromatic heterocycles. The largest absolute Gasteiger partial charge is 0.269 e. The van der Waals surface area contributed by atoms with E-state index >= 15 is 0 Å². The molecule has 1 fully saturated rings. The van der Waals surface area contributed by atoms with E-state index in [2.05, 4.69) is 22.6 Å². The standard InChI is InChI=1S/C9H9ClINO2S/c10-8-6-7(11)2-3-9(8)12-4-1-5-15(12,13)14/h2-3,6H,1,4-5H2. The Bertz CT molecular complexity index is 489. The summed E-state index contributed by atoms with van der Waals surface area (Å²) in [6.07, 6.45) is 0.671. The van der Waals surface area contributed by atoms with E-state index in [1.54, 1.807) is 12.1 Å². The maximum atomic E-state index is 11.7. The molecule has 0 spiro atoms. The highest BCUT2D eigenvalue weighted by atomic mass is 127. The van der Waals surface area contributed by atoms with Gasteiger partial charge in [0.15, 0.2) is 0 Å². The van der Waals surface area contributed by atoms with Crippen LogP contribution in [0.3, 0.4) is 0 Å². The first-order chi connectivity index (χ1) is 7.00. The third-order valence-corrected chi connectivity index (χ3v) is 5.11. The Morgan fingerprint density at radius 3 is 2.67 bits per heavy atom. The molecule has 3 nitrogen and oxygen atoms in total. The average Bonchev–Trinajstić information content (AvgIpc) is 2.46. The number of hydrogen-bond donors (Lipinski definition) is 0. The van der Waals surface area contributed by atoms with Gasteiger partial charge >= 0.3 is 0 Å². The summed E-state index contributed by atoms with van der Waals surface area (Å²) in [7, 11) is -3.13. The normalized spacial score (nSPS) is 19.5. The highest BCUT2D eigenvalue weighted by Crippen LogP contribution is 2.32. The van der Waals surface area contributed by atoms with Gasteiger partial charge in [-0.05, 0) is 47.2 Å². The van der Waals surface area contributed by atoms with Crippen molar-refractivity contribution in [3.63, 3.8) is 0 Å². The van der Waals surface area contributed by atoms with Gasteiger partial charge in [0.05, 0.1) is 16.5 Å². The van der Waals surface area contributed by atoms with Crippen molar-refractivity contribution < 1.29 is 8.42 Å². The van der Waals surface area contributed by atoms with Crippen LogP contribution in [0.25, 0.3) is 0 Å². The predicted octanol–water partition coefficient (Wildman–Crippen LogP) is 2.48. The molecule has 2 rings (SSSR count). The SMILES string of the molecule is O=S1(=O)CCCN1c1ccc(I)cc1Cl. The molecular weight excluding hydrogens is 349 g/mol. The molecule has 1 aromatic rings. The van der Waals surface area contributed by atoms with Gasteiger partial charge in [0, 0.05) is 10.1 Å². The minimum absolute atomic E-state index is 0.218. The summed E-state index contributed by atoms with van der Waals surface area (Å²) < 4.78 is 25.7. The van der Waals surface area contributed by atoms with Gasteiger partial charge in [0.2, 0.25) is 10.0 Å². The van der Waals surface area contributed by atoms with E-state index in [1.165, 1.54) is 4.31 Å². The summed E-state index contributed by atoms with van der Waals surface area (Å²) >= 11 is 8.17. The Morgan fingerprint density at radius 2 is 2.13 bits per heavy atom. The second-order valence-corrected chi connectivity index (χ2v) is 7.00. The number of benzene rings is 1. The van der Waals surface area contributed by atoms with Gasteiger partial charge in [-0.15, -0.1) is 0 Å². The molecular formula is C9H9ClINO2S. The molecule has 1 aromatic carbocycles. The van der Waals surface area contributed by atoms with Gasteiger partial charge in [-0.1, -0.05) is 11.6 Å². The van der Waals surface area contributed by atoms with Gasteiger partial charge in [-0.25, -0.2) is 8.42 Å². The fourth-order valence-corrected chi connectivity index (χ4v) is 4.18. The molecule has 0 bridgehead atoms. The van der Waals surface area contributed by atoms with Crippen LogP contribution >= 0.6 is 34.2 Å². The summed E-state index contributed by atoms with van der Waals surface area (Å²) in [6, 6.07) is 5.38. The quantitative estimate of drug-likeness (QED) is 0.724. The smallest absolute Gasteiger partial charge is 0.235 e. The summed E-state index contributed by atoms with van der Waals surface area (Å²) in [5, 5.41) is 0.493. The number of sulfonamides is 1. The third-order valence-electron chi connectivity index (χ3n) is 2.28. The zero-order chi connectivity index (χ0) is 11.1. The van der Waals surface area contributed by atoms with Gasteiger partial charge in [-0.2, -0.15) is 0 Å². The Morgan fingerprint density at radius 1 is 1.40 bits per heavy atom. The highest BCUT2D eigenvalue weighted by Gasteiger charge is 2.29. The van der Waals surface area contributed by atoms with Crippen LogP contribution in [0, 0.1) is 3.57 Å². The van der Waals surface area contributed by atoms with E-state index in [1.807, 2.05) is 6.07 Å². The lowest BCUT2D eigenvalue weighted by molar-refractivity contribution is 0.599. The Kier molecular flexibility index (Phi) is 3.14. The average molecular weight is 358 g/mol. The molecule has 15 heavy (non-hydrogen) atoms. The van der Waals surface area contributed by atoms with Crippen LogP contribution in [0.15, 0.2) is 18.2 Å². The number of anilines is 1. The molecule has 1 aliphatic heterocycles. The topological polar surface area (TPSA) is 37.4 Å². The van der Waals surface area contributed by atoms with Crippen LogP contribution in [0.5, 0.6) is 0 Å². The van der Waals surface area contributed by atoms with Crippen molar-refractivity contribution in [2.45, 2.75) is 6.42 Å². The number of hydrogen-bond acceptors (Lipinski definition) is 2. The van der Waals surface area contributed by atoms with Gasteiger partial charge < -0.3 is 0 Å². The van der Waals surface area contributed by atoms with E-state index in [4.69, 9.17) is 11.6 Å². The van der Waals surface area contributed by atoms with Crippen molar-refractivity contribution >= 4 is 49.9 Å². The van der Waals surface area contributed by atoms with Gasteiger partial charge in [0.25, 0.3) is 0 Å². The minimum atomic E-state index is -3.13. The second-order valence-electron chi connectivity index (χ2n) is 3.34. The molecule has 0 N–H and O–H groups in total. The first-order valence-corrected chi connectivity index (χ1v) is 7.53. The van der Waals surface area contributed by atoms with E-state index in [9.17, 15) is 8.42 Å². The fraction of sp³-hybridized carbons (Fsp3) is 0.333. The zero-order valence-electron chi connectivity index (χ0n) is 7.78. The molecule has 1 saturated heterocycles. The van der Waals surface area contributed by atoms with Crippen LogP contribution in [0.2, 0.25) is 5.02 Å². The lowest BCUT2D eigenvalue weighted by Crippen LogP contribution is -2.25. The summed E-state index contributed by atoms with van der Waals surface area (Å²) in [5.41, 5.74) is 0.592. The minimum Gasteiger partial charge on any atom is -0.269 e. The van der Waals surface area contributed by atoms with Crippen molar-refractivity contribution in [2.75, 3.05) is 16.6 Å². The van der Waals surface area contributed by atoms with E-state index in [-0.39, 0.29) is 5.75 Å². The van der Waals surface area contributed by atoms with Crippen molar-refractivity contribution in [3.05, 3.63) is 26.8 Å². The van der Waals surface area contributed by atoms with Gasteiger partial charge in [-0.3, -0.25) is 4.31 Å². The van der Waals surface area contributed by atoms with Crippen LogP contribution in [0.4, 0.5) is 5.69 Å². The van der Waals surface area contributed by atoms with Crippen molar-refractivity contribution in [2.24, 2.45) is 0 Å². The van der Waals surface area contributed by atoms with E-state index < -0.39 is 10.0 Å². The first kappa shape index (κ1) is 11.5. The molecule has 0 amide bonds. The fourth-order valence-electron chi connectivity index (χ4n) is 1.59. The van der Waals surface area contributed by atoms with Crippen LogP contribution in [-0.4, -0.2) is 20.7 Å². The van der Waals surface area contributed by atoms with Crippen molar-refractivity contribution in [3.8, 4) is 0 Å². The van der Waals surface area contributed by atoms with Crippen LogP contribution < -0.4 is 4.31 Å². The lowest BCUT2D eigenvalue weighted by atomic mass is 10.3. The van der Waals surface area contributed by atoms with Gasteiger partial charge in [0.1, 0.15) is 0 Å². The third kappa shape index (κ3) is 2.24. The van der Waals surface area contributed by atoms with Crippen LogP contribution in [0.1, 0.15) is 6.42 Å². The molecule has 1 heterocycles. The molecule has 6 heteroatoms. The lowest BCUT2D eigenvalue weighted by Gasteiger charge is -2.18. The maximum absolute atomic E-state index is 11.7. The molecule has 0 aliphatic carbocycles. The molecule has 1 aliphatic rings. The molecule has 0 unspecified atom stereocenters. The van der Waals surface area contributed by atoms with E-state index in [0.29, 0.717) is 23.7 Å². The molecule has 82 valence electrons. The Labute approximate surface area is 108 Å². The highest BCUT2D eigenvalue weighted by molar-refractivity contribution is 14.1. The van der Waals surface area contributed by atoms with Crippen LogP contribution in [-0.2, 0) is 10.0 Å². The van der Waals surface area contributed by atoms with E-state index in [0.717, 1.165) is 3.57 Å². The monoisotopic (exact) mass is 357 g/mol. The number of nitrogens with zero attached hydrogens (tertiary/aromatic N) is 1. The molecule has 0 radical (unpaired) electrons. The number of rotatable bonds is 1. The predicted molar refractivity (Wildman–Crippen MR) is 69.9 cm³/mol.